The van der Waals surface area contributed by atoms with Gasteiger partial charge in [-0.1, -0.05) is 40.3 Å². The average Bonchev–Trinajstić information content (AvgIpc) is 3.52. The molecule has 1 aromatic carbocycles. The molecule has 2 fully saturated rings. The molecule has 5 rings (SSSR count). The molecule has 2 saturated heterocycles. The zero-order valence-corrected chi connectivity index (χ0v) is 22.4. The molecular weight excluding hydrogens is 464 g/mol. The molecule has 2 aliphatic heterocycles. The lowest BCUT2D eigenvalue weighted by molar-refractivity contribution is -0.136. The van der Waals surface area contributed by atoms with Crippen LogP contribution in [0.2, 0.25) is 0 Å². The van der Waals surface area contributed by atoms with Gasteiger partial charge in [-0.05, 0) is 48.4 Å². The molecule has 37 heavy (non-hydrogen) atoms. The van der Waals surface area contributed by atoms with Gasteiger partial charge >= 0.3 is 0 Å². The number of nitrogens with one attached hydrogen (secondary N) is 2. The second-order valence-corrected chi connectivity index (χ2v) is 11.5. The highest BCUT2D eigenvalue weighted by Crippen LogP contribution is 2.41. The molecule has 0 aliphatic carbocycles. The zero-order chi connectivity index (χ0) is 26.2. The highest BCUT2D eigenvalue weighted by molar-refractivity contribution is 5.91. The fourth-order valence-corrected chi connectivity index (χ4v) is 5.68. The Balaban J connectivity index is 1.45. The maximum atomic E-state index is 12.0. The molecule has 9 heteroatoms. The van der Waals surface area contributed by atoms with Gasteiger partial charge in [0.1, 0.15) is 18.0 Å². The normalized spacial score (nSPS) is 17.6. The minimum Gasteiger partial charge on any atom is -0.366 e. The van der Waals surface area contributed by atoms with E-state index in [1.54, 1.807) is 6.33 Å². The molecule has 1 amide bonds. The lowest BCUT2D eigenvalue weighted by atomic mass is 9.79. The van der Waals surface area contributed by atoms with Crippen LogP contribution in [0.4, 0.5) is 11.8 Å². The first kappa shape index (κ1) is 25.2. The number of anilines is 2. The quantitative estimate of drug-likeness (QED) is 0.424. The van der Waals surface area contributed by atoms with Crippen molar-refractivity contribution in [2.45, 2.75) is 58.9 Å². The smallest absolute Gasteiger partial charge is 0.245 e. The van der Waals surface area contributed by atoms with E-state index in [2.05, 4.69) is 77.9 Å². The number of aromatic nitrogens is 5. The SMILES string of the molecule is C=CC(=O)N1CC2(CCN(c3nc(N[C@H](Cc4ncn[nH]4)CC(C)C)c4ccc(C(C)C)cc4n3)C2)C1. The zero-order valence-electron chi connectivity index (χ0n) is 22.4. The molecule has 1 atom stereocenters. The van der Waals surface area contributed by atoms with Crippen molar-refractivity contribution in [2.24, 2.45) is 11.3 Å². The first-order valence-corrected chi connectivity index (χ1v) is 13.3. The second-order valence-electron chi connectivity index (χ2n) is 11.5. The first-order chi connectivity index (χ1) is 17.7. The van der Waals surface area contributed by atoms with E-state index in [9.17, 15) is 4.79 Å². The average molecular weight is 503 g/mol. The number of nitrogens with zero attached hydrogens (tertiary/aromatic N) is 6. The highest BCUT2D eigenvalue weighted by Gasteiger charge is 2.49. The molecule has 2 N–H and O–H groups in total. The lowest BCUT2D eigenvalue weighted by Gasteiger charge is -2.47. The van der Waals surface area contributed by atoms with Crippen molar-refractivity contribution in [1.29, 1.82) is 0 Å². The summed E-state index contributed by atoms with van der Waals surface area (Å²) in [5.74, 6) is 3.42. The highest BCUT2D eigenvalue weighted by atomic mass is 16.2. The Morgan fingerprint density at radius 3 is 2.70 bits per heavy atom. The molecule has 3 aromatic rings. The summed E-state index contributed by atoms with van der Waals surface area (Å²) in [6, 6.07) is 6.68. The number of aromatic amines is 1. The van der Waals surface area contributed by atoms with E-state index in [1.165, 1.54) is 11.6 Å². The third kappa shape index (κ3) is 5.31. The van der Waals surface area contributed by atoms with Gasteiger partial charge in [-0.3, -0.25) is 9.89 Å². The number of likely N-dealkylation sites (tertiary alicyclic amines) is 1. The van der Waals surface area contributed by atoms with Gasteiger partial charge < -0.3 is 15.1 Å². The number of hydrogen-bond acceptors (Lipinski definition) is 7. The van der Waals surface area contributed by atoms with E-state index < -0.39 is 0 Å². The number of hydrogen-bond donors (Lipinski definition) is 2. The van der Waals surface area contributed by atoms with Crippen molar-refractivity contribution >= 4 is 28.6 Å². The number of H-pyrrole nitrogens is 1. The van der Waals surface area contributed by atoms with E-state index in [-0.39, 0.29) is 17.4 Å². The van der Waals surface area contributed by atoms with Crippen LogP contribution in [-0.4, -0.2) is 68.2 Å². The van der Waals surface area contributed by atoms with E-state index in [4.69, 9.17) is 9.97 Å². The minimum absolute atomic E-state index is 0.0154. The Hall–Kier alpha value is -3.49. The van der Waals surface area contributed by atoms with Gasteiger partial charge in [-0.25, -0.2) is 9.97 Å². The number of amides is 1. The molecule has 0 saturated carbocycles. The van der Waals surface area contributed by atoms with Gasteiger partial charge in [-0.15, -0.1) is 0 Å². The number of rotatable bonds is 9. The van der Waals surface area contributed by atoms with Crippen LogP contribution in [0.25, 0.3) is 10.9 Å². The van der Waals surface area contributed by atoms with Crippen LogP contribution < -0.4 is 10.2 Å². The number of carbonyl (C=O) groups excluding carboxylic acids is 1. The largest absolute Gasteiger partial charge is 0.366 e. The van der Waals surface area contributed by atoms with Crippen LogP contribution in [0.1, 0.15) is 57.8 Å². The van der Waals surface area contributed by atoms with Crippen molar-refractivity contribution in [3.63, 3.8) is 0 Å². The molecule has 0 bridgehead atoms. The monoisotopic (exact) mass is 502 g/mol. The van der Waals surface area contributed by atoms with E-state index >= 15 is 0 Å². The summed E-state index contributed by atoms with van der Waals surface area (Å²) >= 11 is 0. The van der Waals surface area contributed by atoms with Crippen molar-refractivity contribution in [3.8, 4) is 0 Å². The molecular formula is C28H38N8O. The molecule has 2 aliphatic rings. The summed E-state index contributed by atoms with van der Waals surface area (Å²) in [7, 11) is 0. The van der Waals surface area contributed by atoms with Crippen LogP contribution in [-0.2, 0) is 11.2 Å². The number of benzene rings is 1. The summed E-state index contributed by atoms with van der Waals surface area (Å²) in [6.07, 6.45) is 5.71. The Labute approximate surface area is 218 Å². The van der Waals surface area contributed by atoms with Crippen LogP contribution in [0.15, 0.2) is 37.2 Å². The van der Waals surface area contributed by atoms with Gasteiger partial charge in [0.2, 0.25) is 11.9 Å². The first-order valence-electron chi connectivity index (χ1n) is 13.3. The summed E-state index contributed by atoms with van der Waals surface area (Å²) in [5, 5.41) is 11.8. The Morgan fingerprint density at radius 2 is 2.03 bits per heavy atom. The molecule has 9 nitrogen and oxygen atoms in total. The predicted molar refractivity (Wildman–Crippen MR) is 147 cm³/mol. The molecule has 196 valence electrons. The molecule has 2 aromatic heterocycles. The van der Waals surface area contributed by atoms with Crippen molar-refractivity contribution in [3.05, 3.63) is 48.6 Å². The van der Waals surface area contributed by atoms with E-state index in [1.807, 2.05) is 4.90 Å². The standard InChI is InChI=1S/C28H38N8O/c1-6-25(37)36-15-28(16-36)9-10-35(14-28)27-32-23-12-20(19(4)5)7-8-22(23)26(33-27)31-21(11-18(2)3)13-24-29-17-30-34-24/h6-8,12,17-19,21H,1,9-11,13-16H2,2-5H3,(H,29,30,34)(H,31,32,33)/t21-/m0/s1. The van der Waals surface area contributed by atoms with Gasteiger partial charge in [0.15, 0.2) is 0 Å². The fraction of sp³-hybridized carbons (Fsp3) is 0.536. The number of carbonyl (C=O) groups is 1. The number of fused-ring (bicyclic) bond motifs is 1. The Kier molecular flexibility index (Phi) is 6.88. The summed E-state index contributed by atoms with van der Waals surface area (Å²) < 4.78 is 0. The Bertz CT molecular complexity index is 1260. The van der Waals surface area contributed by atoms with Crippen LogP contribution in [0.3, 0.4) is 0 Å². The van der Waals surface area contributed by atoms with Gasteiger partial charge in [0, 0.05) is 49.4 Å². The lowest BCUT2D eigenvalue weighted by Crippen LogP contribution is -2.59. The van der Waals surface area contributed by atoms with Gasteiger partial charge in [0.05, 0.1) is 5.52 Å². The second kappa shape index (κ2) is 10.1. The van der Waals surface area contributed by atoms with Crippen LogP contribution in [0.5, 0.6) is 0 Å². The molecule has 0 unspecified atom stereocenters. The Morgan fingerprint density at radius 1 is 1.22 bits per heavy atom. The maximum Gasteiger partial charge on any atom is 0.245 e. The topological polar surface area (TPSA) is 103 Å². The maximum absolute atomic E-state index is 12.0. The summed E-state index contributed by atoms with van der Waals surface area (Å²) in [6.45, 7) is 15.8. The van der Waals surface area contributed by atoms with E-state index in [0.717, 1.165) is 73.9 Å². The third-order valence-corrected chi connectivity index (χ3v) is 7.64. The predicted octanol–water partition coefficient (Wildman–Crippen LogP) is 4.17. The molecule has 1 spiro atoms. The third-order valence-electron chi connectivity index (χ3n) is 7.64. The van der Waals surface area contributed by atoms with Crippen molar-refractivity contribution < 1.29 is 4.79 Å². The van der Waals surface area contributed by atoms with Crippen molar-refractivity contribution in [2.75, 3.05) is 36.4 Å². The van der Waals surface area contributed by atoms with Gasteiger partial charge in [-0.2, -0.15) is 10.1 Å². The van der Waals surface area contributed by atoms with Crippen LogP contribution >= 0.6 is 0 Å². The fourth-order valence-electron chi connectivity index (χ4n) is 5.68. The van der Waals surface area contributed by atoms with Crippen LogP contribution in [0, 0.1) is 11.3 Å². The van der Waals surface area contributed by atoms with Gasteiger partial charge in [0.25, 0.3) is 0 Å². The summed E-state index contributed by atoms with van der Waals surface area (Å²) in [4.78, 5) is 30.7. The van der Waals surface area contributed by atoms with E-state index in [0.29, 0.717) is 11.8 Å². The minimum atomic E-state index is 0.0154. The molecule has 4 heterocycles. The van der Waals surface area contributed by atoms with Crippen molar-refractivity contribution in [1.82, 2.24) is 30.0 Å². The molecule has 0 radical (unpaired) electrons. The summed E-state index contributed by atoms with van der Waals surface area (Å²) in [5.41, 5.74) is 2.34.